The average molecular weight is 245 g/mol. The zero-order valence-electron chi connectivity index (χ0n) is 9.73. The van der Waals surface area contributed by atoms with E-state index in [0.717, 1.165) is 0 Å². The Kier molecular flexibility index (Phi) is 7.72. The number of carbonyl (C=O) groups excluding carboxylic acids is 1. The van der Waals surface area contributed by atoms with Crippen molar-refractivity contribution in [3.05, 3.63) is 12.7 Å². The van der Waals surface area contributed by atoms with Crippen LogP contribution in [-0.4, -0.2) is 35.0 Å². The van der Waals surface area contributed by atoms with Crippen molar-refractivity contribution in [2.45, 2.75) is 25.8 Å². The van der Waals surface area contributed by atoms with Crippen LogP contribution in [0.3, 0.4) is 0 Å². The zero-order valence-corrected chi connectivity index (χ0v) is 10.5. The molecule has 1 amide bonds. The highest BCUT2D eigenvalue weighted by Gasteiger charge is 2.21. The van der Waals surface area contributed by atoms with Gasteiger partial charge in [0.2, 0.25) is 5.91 Å². The van der Waals surface area contributed by atoms with Crippen LogP contribution in [0.2, 0.25) is 0 Å². The van der Waals surface area contributed by atoms with Crippen LogP contribution in [0.4, 0.5) is 0 Å². The van der Waals surface area contributed by atoms with Crippen LogP contribution in [0.5, 0.6) is 0 Å². The molecule has 0 radical (unpaired) electrons. The summed E-state index contributed by atoms with van der Waals surface area (Å²) in [5, 5.41) is 11.4. The summed E-state index contributed by atoms with van der Waals surface area (Å²) >= 11 is 1.57. The number of carboxylic acid groups (broad SMARTS) is 1. The second kappa shape index (κ2) is 8.21. The minimum absolute atomic E-state index is 0.166. The van der Waals surface area contributed by atoms with E-state index in [1.807, 2.05) is 6.26 Å². The number of hydrogen-bond acceptors (Lipinski definition) is 3. The Bertz CT molecular complexity index is 256. The normalized spacial score (nSPS) is 13.9. The number of hydrogen-bond donors (Lipinski definition) is 2. The van der Waals surface area contributed by atoms with Gasteiger partial charge in [-0.2, -0.15) is 11.8 Å². The molecular weight excluding hydrogens is 226 g/mol. The Labute approximate surface area is 100 Å². The molecule has 0 fully saturated rings. The second-order valence-electron chi connectivity index (χ2n) is 3.62. The van der Waals surface area contributed by atoms with E-state index in [9.17, 15) is 9.59 Å². The number of rotatable bonds is 8. The maximum Gasteiger partial charge on any atom is 0.326 e. The Morgan fingerprint density at radius 3 is 2.62 bits per heavy atom. The molecule has 0 aromatic carbocycles. The molecule has 0 aliphatic carbocycles. The van der Waals surface area contributed by atoms with Gasteiger partial charge < -0.3 is 10.4 Å². The highest BCUT2D eigenvalue weighted by molar-refractivity contribution is 7.98. The van der Waals surface area contributed by atoms with Gasteiger partial charge in [-0.3, -0.25) is 4.79 Å². The third-order valence-corrected chi connectivity index (χ3v) is 2.97. The summed E-state index contributed by atoms with van der Waals surface area (Å²) in [4.78, 5) is 22.5. The molecule has 0 aliphatic rings. The largest absolute Gasteiger partial charge is 0.480 e. The molecule has 16 heavy (non-hydrogen) atoms. The maximum atomic E-state index is 11.6. The minimum atomic E-state index is -0.994. The van der Waals surface area contributed by atoms with Crippen LogP contribution >= 0.6 is 11.8 Å². The van der Waals surface area contributed by atoms with Gasteiger partial charge in [-0.1, -0.05) is 13.0 Å². The summed E-state index contributed by atoms with van der Waals surface area (Å²) in [6.07, 6.45) is 4.52. The molecule has 2 N–H and O–H groups in total. The number of allylic oxidation sites excluding steroid dienone is 1. The standard InChI is InChI=1S/C11H19NO3S/c1-4-5-6-9(11(14)15)12-10(13)8(2)7-16-3/h4,8-9H,1,5-7H2,2-3H3,(H,12,13)(H,14,15). The van der Waals surface area contributed by atoms with E-state index < -0.39 is 12.0 Å². The minimum Gasteiger partial charge on any atom is -0.480 e. The van der Waals surface area contributed by atoms with Gasteiger partial charge in [0.05, 0.1) is 0 Å². The first kappa shape index (κ1) is 15.0. The van der Waals surface area contributed by atoms with Crippen molar-refractivity contribution < 1.29 is 14.7 Å². The molecule has 0 aromatic rings. The van der Waals surface area contributed by atoms with Gasteiger partial charge in [0.15, 0.2) is 0 Å². The molecule has 0 bridgehead atoms. The van der Waals surface area contributed by atoms with E-state index in [0.29, 0.717) is 18.6 Å². The predicted octanol–water partition coefficient (Wildman–Crippen LogP) is 1.52. The molecule has 92 valence electrons. The third-order valence-electron chi connectivity index (χ3n) is 2.14. The van der Waals surface area contributed by atoms with Crippen molar-refractivity contribution in [2.75, 3.05) is 12.0 Å². The lowest BCUT2D eigenvalue weighted by molar-refractivity contribution is -0.142. The Hall–Kier alpha value is -0.970. The zero-order chi connectivity index (χ0) is 12.6. The molecule has 2 unspecified atom stereocenters. The Morgan fingerprint density at radius 1 is 1.56 bits per heavy atom. The summed E-state index contributed by atoms with van der Waals surface area (Å²) in [6, 6.07) is -0.810. The van der Waals surface area contributed by atoms with Crippen LogP contribution in [0.1, 0.15) is 19.8 Å². The van der Waals surface area contributed by atoms with E-state index >= 15 is 0 Å². The monoisotopic (exact) mass is 245 g/mol. The van der Waals surface area contributed by atoms with E-state index in [2.05, 4.69) is 11.9 Å². The average Bonchev–Trinajstić information content (AvgIpc) is 2.23. The molecule has 0 aliphatic heterocycles. The summed E-state index contributed by atoms with van der Waals surface area (Å²) in [7, 11) is 0. The van der Waals surface area contributed by atoms with E-state index in [4.69, 9.17) is 5.11 Å². The molecule has 0 heterocycles. The molecule has 0 saturated heterocycles. The van der Waals surface area contributed by atoms with Gasteiger partial charge >= 0.3 is 5.97 Å². The van der Waals surface area contributed by atoms with Crippen LogP contribution in [0.15, 0.2) is 12.7 Å². The first-order chi connectivity index (χ1) is 7.52. The first-order valence-electron chi connectivity index (χ1n) is 5.16. The quantitative estimate of drug-likeness (QED) is 0.636. The van der Waals surface area contributed by atoms with Gasteiger partial charge in [0, 0.05) is 11.7 Å². The Balaban J connectivity index is 4.22. The lowest BCUT2D eigenvalue weighted by Gasteiger charge is -2.16. The number of carbonyl (C=O) groups is 2. The van der Waals surface area contributed by atoms with Crippen LogP contribution in [-0.2, 0) is 9.59 Å². The summed E-state index contributed by atoms with van der Waals surface area (Å²) in [5.74, 6) is -0.669. The maximum absolute atomic E-state index is 11.6. The molecular formula is C11H19NO3S. The van der Waals surface area contributed by atoms with Gasteiger partial charge in [-0.05, 0) is 19.1 Å². The lowest BCUT2D eigenvalue weighted by Crippen LogP contribution is -2.43. The number of amides is 1. The number of thioether (sulfide) groups is 1. The van der Waals surface area contributed by atoms with Crippen molar-refractivity contribution in [3.63, 3.8) is 0 Å². The van der Waals surface area contributed by atoms with Crippen molar-refractivity contribution in [1.82, 2.24) is 5.32 Å². The highest BCUT2D eigenvalue weighted by Crippen LogP contribution is 2.06. The van der Waals surface area contributed by atoms with E-state index in [-0.39, 0.29) is 11.8 Å². The first-order valence-corrected chi connectivity index (χ1v) is 6.55. The summed E-state index contributed by atoms with van der Waals surface area (Å²) in [6.45, 7) is 5.32. The highest BCUT2D eigenvalue weighted by atomic mass is 32.2. The van der Waals surface area contributed by atoms with Crippen molar-refractivity contribution >= 4 is 23.6 Å². The fourth-order valence-corrected chi connectivity index (χ4v) is 1.83. The molecule has 0 rings (SSSR count). The van der Waals surface area contributed by atoms with Crippen LogP contribution < -0.4 is 5.32 Å². The smallest absolute Gasteiger partial charge is 0.326 e. The molecule has 0 saturated carbocycles. The molecule has 5 heteroatoms. The van der Waals surface area contributed by atoms with Gasteiger partial charge in [0.25, 0.3) is 0 Å². The van der Waals surface area contributed by atoms with Crippen LogP contribution in [0.25, 0.3) is 0 Å². The van der Waals surface area contributed by atoms with Gasteiger partial charge in [-0.25, -0.2) is 4.79 Å². The molecule has 0 spiro atoms. The number of carboxylic acids is 1. The number of aliphatic carboxylic acids is 1. The van der Waals surface area contributed by atoms with Gasteiger partial charge in [-0.15, -0.1) is 6.58 Å². The SMILES string of the molecule is C=CCCC(NC(=O)C(C)CSC)C(=O)O. The van der Waals surface area contributed by atoms with E-state index in [1.54, 1.807) is 24.8 Å². The molecule has 0 aromatic heterocycles. The van der Waals surface area contributed by atoms with E-state index in [1.165, 1.54) is 0 Å². The predicted molar refractivity (Wildman–Crippen MR) is 66.5 cm³/mol. The molecule has 2 atom stereocenters. The summed E-state index contributed by atoms with van der Waals surface area (Å²) in [5.41, 5.74) is 0. The molecule has 4 nitrogen and oxygen atoms in total. The van der Waals surface area contributed by atoms with Crippen molar-refractivity contribution in [2.24, 2.45) is 5.92 Å². The summed E-state index contributed by atoms with van der Waals surface area (Å²) < 4.78 is 0. The topological polar surface area (TPSA) is 66.4 Å². The fourth-order valence-electron chi connectivity index (χ4n) is 1.18. The Morgan fingerprint density at radius 2 is 2.19 bits per heavy atom. The van der Waals surface area contributed by atoms with Crippen LogP contribution in [0, 0.1) is 5.92 Å². The lowest BCUT2D eigenvalue weighted by atomic mass is 10.1. The van der Waals surface area contributed by atoms with Crippen molar-refractivity contribution in [1.29, 1.82) is 0 Å². The fraction of sp³-hybridized carbons (Fsp3) is 0.636. The second-order valence-corrected chi connectivity index (χ2v) is 4.53. The van der Waals surface area contributed by atoms with Crippen molar-refractivity contribution in [3.8, 4) is 0 Å². The number of nitrogens with one attached hydrogen (secondary N) is 1. The third kappa shape index (κ3) is 5.80. The van der Waals surface area contributed by atoms with Gasteiger partial charge in [0.1, 0.15) is 6.04 Å².